The van der Waals surface area contributed by atoms with E-state index in [1.54, 1.807) is 13.2 Å². The van der Waals surface area contributed by atoms with Gasteiger partial charge in [0.1, 0.15) is 6.61 Å². The van der Waals surface area contributed by atoms with Gasteiger partial charge in [-0.25, -0.2) is 0 Å². The van der Waals surface area contributed by atoms with Crippen LogP contribution in [-0.4, -0.2) is 31.0 Å². The molecule has 1 rings (SSSR count). The highest BCUT2D eigenvalue weighted by Gasteiger charge is 2.13. The summed E-state index contributed by atoms with van der Waals surface area (Å²) in [6, 6.07) is 3.56. The molecule has 1 N–H and O–H groups in total. The predicted molar refractivity (Wildman–Crippen MR) is 77.8 cm³/mol. The SMILES string of the molecule is COc1cc(CO)cc(Br)c1OCCOC(C)(C)C. The Morgan fingerprint density at radius 3 is 2.42 bits per heavy atom. The van der Waals surface area contributed by atoms with Crippen LogP contribution in [0.1, 0.15) is 26.3 Å². The zero-order chi connectivity index (χ0) is 14.5. The van der Waals surface area contributed by atoms with E-state index < -0.39 is 0 Å². The predicted octanol–water partition coefficient (Wildman–Crippen LogP) is 3.14. The van der Waals surface area contributed by atoms with Crippen LogP contribution in [0.2, 0.25) is 0 Å². The summed E-state index contributed by atoms with van der Waals surface area (Å²) in [7, 11) is 1.57. The lowest BCUT2D eigenvalue weighted by Gasteiger charge is -2.20. The summed E-state index contributed by atoms with van der Waals surface area (Å²) in [5.41, 5.74) is 0.591. The molecule has 0 atom stereocenters. The number of benzene rings is 1. The largest absolute Gasteiger partial charge is 0.493 e. The third kappa shape index (κ3) is 5.38. The highest BCUT2D eigenvalue weighted by molar-refractivity contribution is 9.10. The molecule has 0 fully saturated rings. The Hall–Kier alpha value is -0.780. The van der Waals surface area contributed by atoms with Crippen LogP contribution in [-0.2, 0) is 11.3 Å². The first-order valence-electron chi connectivity index (χ1n) is 6.11. The van der Waals surface area contributed by atoms with Crippen molar-refractivity contribution in [1.82, 2.24) is 0 Å². The molecule has 0 aliphatic heterocycles. The van der Waals surface area contributed by atoms with Crippen molar-refractivity contribution >= 4 is 15.9 Å². The average Bonchev–Trinajstić information content (AvgIpc) is 2.34. The topological polar surface area (TPSA) is 47.9 Å². The number of hydrogen-bond acceptors (Lipinski definition) is 4. The molecular formula is C14H21BrO4. The summed E-state index contributed by atoms with van der Waals surface area (Å²) < 4.78 is 17.3. The molecule has 0 bridgehead atoms. The highest BCUT2D eigenvalue weighted by atomic mass is 79.9. The number of aliphatic hydroxyl groups excluding tert-OH is 1. The number of aliphatic hydroxyl groups is 1. The van der Waals surface area contributed by atoms with E-state index >= 15 is 0 Å². The van der Waals surface area contributed by atoms with E-state index in [0.29, 0.717) is 24.7 Å². The summed E-state index contributed by atoms with van der Waals surface area (Å²) in [5, 5.41) is 9.14. The molecule has 0 aromatic heterocycles. The number of hydrogen-bond donors (Lipinski definition) is 1. The smallest absolute Gasteiger partial charge is 0.175 e. The van der Waals surface area contributed by atoms with E-state index in [4.69, 9.17) is 19.3 Å². The molecule has 19 heavy (non-hydrogen) atoms. The van der Waals surface area contributed by atoms with Crippen molar-refractivity contribution in [2.75, 3.05) is 20.3 Å². The van der Waals surface area contributed by atoms with Crippen molar-refractivity contribution in [3.63, 3.8) is 0 Å². The van der Waals surface area contributed by atoms with E-state index in [9.17, 15) is 0 Å². The molecule has 0 amide bonds. The summed E-state index contributed by atoms with van der Waals surface area (Å²) in [4.78, 5) is 0. The minimum atomic E-state index is -0.175. The van der Waals surface area contributed by atoms with E-state index in [0.717, 1.165) is 10.0 Å². The van der Waals surface area contributed by atoms with Gasteiger partial charge >= 0.3 is 0 Å². The standard InChI is InChI=1S/C14H21BrO4/c1-14(2,3)19-6-5-18-13-11(15)7-10(9-16)8-12(13)17-4/h7-8,16H,5-6,9H2,1-4H3. The fraction of sp³-hybridized carbons (Fsp3) is 0.571. The van der Waals surface area contributed by atoms with Gasteiger partial charge in [-0.3, -0.25) is 0 Å². The Balaban J connectivity index is 2.67. The molecule has 108 valence electrons. The maximum atomic E-state index is 9.14. The van der Waals surface area contributed by atoms with Gasteiger partial charge in [0.2, 0.25) is 0 Å². The Labute approximate surface area is 122 Å². The summed E-state index contributed by atoms with van der Waals surface area (Å²) in [5.74, 6) is 1.21. The molecule has 0 saturated carbocycles. The van der Waals surface area contributed by atoms with Crippen LogP contribution in [0.25, 0.3) is 0 Å². The Morgan fingerprint density at radius 1 is 1.21 bits per heavy atom. The third-order valence-corrected chi connectivity index (χ3v) is 2.93. The Morgan fingerprint density at radius 2 is 1.89 bits per heavy atom. The molecule has 0 unspecified atom stereocenters. The molecule has 0 saturated heterocycles. The van der Waals surface area contributed by atoms with Gasteiger partial charge < -0.3 is 19.3 Å². The molecule has 0 radical (unpaired) electrons. The van der Waals surface area contributed by atoms with Gasteiger partial charge in [-0.1, -0.05) is 0 Å². The molecule has 0 spiro atoms. The van der Waals surface area contributed by atoms with E-state index in [2.05, 4.69) is 15.9 Å². The van der Waals surface area contributed by atoms with E-state index in [-0.39, 0.29) is 12.2 Å². The quantitative estimate of drug-likeness (QED) is 0.813. The first kappa shape index (κ1) is 16.3. The van der Waals surface area contributed by atoms with Gasteiger partial charge in [-0.15, -0.1) is 0 Å². The van der Waals surface area contributed by atoms with Gasteiger partial charge in [-0.05, 0) is 54.4 Å². The van der Waals surface area contributed by atoms with Crippen LogP contribution >= 0.6 is 15.9 Å². The van der Waals surface area contributed by atoms with Gasteiger partial charge in [0.25, 0.3) is 0 Å². The van der Waals surface area contributed by atoms with Crippen LogP contribution in [0.5, 0.6) is 11.5 Å². The van der Waals surface area contributed by atoms with Crippen LogP contribution in [0.3, 0.4) is 0 Å². The summed E-state index contributed by atoms with van der Waals surface area (Å²) >= 11 is 3.41. The first-order chi connectivity index (χ1) is 8.87. The molecular weight excluding hydrogens is 312 g/mol. The maximum Gasteiger partial charge on any atom is 0.175 e. The van der Waals surface area contributed by atoms with Gasteiger partial charge in [-0.2, -0.15) is 0 Å². The second kappa shape index (κ2) is 7.12. The molecule has 0 aliphatic rings. The van der Waals surface area contributed by atoms with Crippen LogP contribution in [0.4, 0.5) is 0 Å². The zero-order valence-corrected chi connectivity index (χ0v) is 13.4. The summed E-state index contributed by atoms with van der Waals surface area (Å²) in [6.45, 7) is 6.90. The second-order valence-electron chi connectivity index (χ2n) is 5.08. The van der Waals surface area contributed by atoms with Crippen molar-refractivity contribution in [1.29, 1.82) is 0 Å². The third-order valence-electron chi connectivity index (χ3n) is 2.34. The average molecular weight is 333 g/mol. The number of methoxy groups -OCH3 is 1. The van der Waals surface area contributed by atoms with Crippen molar-refractivity contribution in [2.45, 2.75) is 33.0 Å². The van der Waals surface area contributed by atoms with E-state index in [1.165, 1.54) is 0 Å². The molecule has 4 nitrogen and oxygen atoms in total. The van der Waals surface area contributed by atoms with Gasteiger partial charge in [0, 0.05) is 0 Å². The number of ether oxygens (including phenoxy) is 3. The van der Waals surface area contributed by atoms with Crippen LogP contribution in [0.15, 0.2) is 16.6 Å². The lowest BCUT2D eigenvalue weighted by Crippen LogP contribution is -2.22. The molecule has 5 heteroatoms. The monoisotopic (exact) mass is 332 g/mol. The number of rotatable bonds is 6. The van der Waals surface area contributed by atoms with Crippen LogP contribution in [0, 0.1) is 0 Å². The lowest BCUT2D eigenvalue weighted by atomic mass is 10.2. The minimum absolute atomic E-state index is 0.0393. The van der Waals surface area contributed by atoms with Gasteiger partial charge in [0.05, 0.1) is 30.4 Å². The maximum absolute atomic E-state index is 9.14. The van der Waals surface area contributed by atoms with Crippen molar-refractivity contribution in [3.8, 4) is 11.5 Å². The zero-order valence-electron chi connectivity index (χ0n) is 11.8. The fourth-order valence-corrected chi connectivity index (χ4v) is 2.10. The van der Waals surface area contributed by atoms with Crippen LogP contribution < -0.4 is 9.47 Å². The van der Waals surface area contributed by atoms with Gasteiger partial charge in [0.15, 0.2) is 11.5 Å². The fourth-order valence-electron chi connectivity index (χ4n) is 1.50. The lowest BCUT2D eigenvalue weighted by molar-refractivity contribution is -0.0166. The minimum Gasteiger partial charge on any atom is -0.493 e. The highest BCUT2D eigenvalue weighted by Crippen LogP contribution is 2.36. The Kier molecular flexibility index (Phi) is 6.10. The van der Waals surface area contributed by atoms with Crippen molar-refractivity contribution in [3.05, 3.63) is 22.2 Å². The molecule has 0 aliphatic carbocycles. The van der Waals surface area contributed by atoms with Crippen molar-refractivity contribution < 1.29 is 19.3 Å². The molecule has 1 aromatic rings. The second-order valence-corrected chi connectivity index (χ2v) is 5.93. The molecule has 0 heterocycles. The first-order valence-corrected chi connectivity index (χ1v) is 6.90. The Bertz CT molecular complexity index is 413. The number of halogens is 1. The summed E-state index contributed by atoms with van der Waals surface area (Å²) in [6.07, 6.45) is 0. The van der Waals surface area contributed by atoms with Crippen molar-refractivity contribution in [2.24, 2.45) is 0 Å². The normalized spacial score (nSPS) is 11.5. The molecule has 1 aromatic carbocycles. The van der Waals surface area contributed by atoms with E-state index in [1.807, 2.05) is 26.8 Å².